The SMILES string of the molecule is Cc1c(C)n(CCOCCC(=O)N2CCN(c3ncc(C(F)(F)F)cn3)CC2)c2cn[nH]c(=O)c12. The highest BCUT2D eigenvalue weighted by molar-refractivity contribution is 5.83. The Hall–Kier alpha value is -3.48. The summed E-state index contributed by atoms with van der Waals surface area (Å²) in [7, 11) is 0. The van der Waals surface area contributed by atoms with Crippen molar-refractivity contribution in [2.75, 3.05) is 44.3 Å². The van der Waals surface area contributed by atoms with E-state index in [0.29, 0.717) is 44.7 Å². The number of nitrogens with one attached hydrogen (secondary N) is 1. The number of aromatic nitrogens is 5. The van der Waals surface area contributed by atoms with Crippen LogP contribution in [0.2, 0.25) is 0 Å². The summed E-state index contributed by atoms with van der Waals surface area (Å²) in [6.07, 6.45) is -1.09. The fourth-order valence-corrected chi connectivity index (χ4v) is 4.17. The molecule has 0 bridgehead atoms. The summed E-state index contributed by atoms with van der Waals surface area (Å²) in [6.45, 7) is 6.73. The van der Waals surface area contributed by atoms with E-state index < -0.39 is 11.7 Å². The van der Waals surface area contributed by atoms with Gasteiger partial charge in [-0.2, -0.15) is 18.3 Å². The summed E-state index contributed by atoms with van der Waals surface area (Å²) in [6, 6.07) is 0. The molecule has 3 aromatic heterocycles. The zero-order valence-electron chi connectivity index (χ0n) is 19.4. The molecule has 3 aromatic rings. The number of aryl methyl sites for hydroxylation is 1. The number of anilines is 1. The molecule has 1 fully saturated rings. The fourth-order valence-electron chi connectivity index (χ4n) is 4.17. The van der Waals surface area contributed by atoms with Crippen LogP contribution in [-0.4, -0.2) is 74.9 Å². The van der Waals surface area contributed by atoms with Gasteiger partial charge in [-0.1, -0.05) is 0 Å². The predicted octanol–water partition coefficient (Wildman–Crippen LogP) is 1.91. The normalized spacial score (nSPS) is 14.7. The Morgan fingerprint density at radius 1 is 1.09 bits per heavy atom. The molecule has 1 N–H and O–H groups in total. The van der Waals surface area contributed by atoms with Gasteiger partial charge in [-0.15, -0.1) is 0 Å². The molecule has 0 radical (unpaired) electrons. The van der Waals surface area contributed by atoms with Crippen LogP contribution >= 0.6 is 0 Å². The molecule has 0 aromatic carbocycles. The van der Waals surface area contributed by atoms with E-state index >= 15 is 0 Å². The summed E-state index contributed by atoms with van der Waals surface area (Å²) in [5.74, 6) is 0.167. The van der Waals surface area contributed by atoms with E-state index in [-0.39, 0.29) is 30.4 Å². The topological polar surface area (TPSA) is 109 Å². The lowest BCUT2D eigenvalue weighted by Gasteiger charge is -2.34. The van der Waals surface area contributed by atoms with Crippen LogP contribution in [0.3, 0.4) is 0 Å². The first kappa shape index (κ1) is 24.6. The summed E-state index contributed by atoms with van der Waals surface area (Å²) in [5.41, 5.74) is 1.50. The average Bonchev–Trinajstić information content (AvgIpc) is 3.09. The highest BCUT2D eigenvalue weighted by Gasteiger charge is 2.32. The molecule has 1 aliphatic rings. The zero-order chi connectivity index (χ0) is 25.2. The number of fused-ring (bicyclic) bond motifs is 1. The fraction of sp³-hybridized carbons (Fsp3) is 0.500. The minimum Gasteiger partial charge on any atom is -0.379 e. The van der Waals surface area contributed by atoms with Crippen LogP contribution in [0.15, 0.2) is 23.4 Å². The number of piperazine rings is 1. The van der Waals surface area contributed by atoms with E-state index in [9.17, 15) is 22.8 Å². The second-order valence-corrected chi connectivity index (χ2v) is 8.32. The molecule has 4 heterocycles. The molecule has 0 unspecified atom stereocenters. The van der Waals surface area contributed by atoms with Crippen LogP contribution in [0.4, 0.5) is 19.1 Å². The van der Waals surface area contributed by atoms with Crippen molar-refractivity contribution < 1.29 is 22.7 Å². The number of halogens is 3. The summed E-state index contributed by atoms with van der Waals surface area (Å²) in [4.78, 5) is 35.7. The Balaban J connectivity index is 1.21. The van der Waals surface area contributed by atoms with E-state index in [4.69, 9.17) is 4.74 Å². The van der Waals surface area contributed by atoms with Crippen LogP contribution in [0, 0.1) is 13.8 Å². The minimum absolute atomic E-state index is 0.0489. The van der Waals surface area contributed by atoms with Crippen molar-refractivity contribution in [1.82, 2.24) is 29.6 Å². The molecular weight excluding hydrogens is 467 g/mol. The van der Waals surface area contributed by atoms with Crippen LogP contribution in [-0.2, 0) is 22.3 Å². The van der Waals surface area contributed by atoms with E-state index in [1.54, 1.807) is 16.0 Å². The maximum atomic E-state index is 12.7. The quantitative estimate of drug-likeness (QED) is 0.501. The lowest BCUT2D eigenvalue weighted by Crippen LogP contribution is -2.49. The van der Waals surface area contributed by atoms with Crippen LogP contribution < -0.4 is 10.5 Å². The van der Waals surface area contributed by atoms with Gasteiger partial charge in [-0.3, -0.25) is 9.59 Å². The molecular formula is C22H26F3N7O3. The maximum absolute atomic E-state index is 12.7. The van der Waals surface area contributed by atoms with E-state index in [1.165, 1.54) is 0 Å². The molecule has 0 spiro atoms. The number of H-pyrrole nitrogens is 1. The van der Waals surface area contributed by atoms with Gasteiger partial charge in [0.2, 0.25) is 11.9 Å². The Kier molecular flexibility index (Phi) is 7.05. The number of rotatable bonds is 7. The van der Waals surface area contributed by atoms with Crippen molar-refractivity contribution >= 4 is 22.8 Å². The Morgan fingerprint density at radius 2 is 1.77 bits per heavy atom. The van der Waals surface area contributed by atoms with Crippen molar-refractivity contribution in [3.63, 3.8) is 0 Å². The smallest absolute Gasteiger partial charge is 0.379 e. The molecule has 1 amide bonds. The number of hydrogen-bond donors (Lipinski definition) is 1. The van der Waals surface area contributed by atoms with Gasteiger partial charge < -0.3 is 19.1 Å². The van der Waals surface area contributed by atoms with Crippen LogP contribution in [0.25, 0.3) is 10.9 Å². The number of alkyl halides is 3. The second-order valence-electron chi connectivity index (χ2n) is 8.32. The van der Waals surface area contributed by atoms with Gasteiger partial charge in [0.25, 0.3) is 5.56 Å². The molecule has 4 rings (SSSR count). The average molecular weight is 493 g/mol. The number of carbonyl (C=O) groups is 1. The van der Waals surface area contributed by atoms with Gasteiger partial charge in [0.15, 0.2) is 0 Å². The number of nitrogens with zero attached hydrogens (tertiary/aromatic N) is 6. The molecule has 0 saturated carbocycles. The van der Waals surface area contributed by atoms with Gasteiger partial charge in [0, 0.05) is 50.8 Å². The zero-order valence-corrected chi connectivity index (χ0v) is 19.4. The number of ether oxygens (including phenoxy) is 1. The van der Waals surface area contributed by atoms with Crippen LogP contribution in [0.1, 0.15) is 23.2 Å². The molecule has 188 valence electrons. The predicted molar refractivity (Wildman–Crippen MR) is 121 cm³/mol. The highest BCUT2D eigenvalue weighted by atomic mass is 19.4. The summed E-state index contributed by atoms with van der Waals surface area (Å²) in [5, 5.41) is 6.95. The first-order valence-electron chi connectivity index (χ1n) is 11.2. The van der Waals surface area contributed by atoms with E-state index in [1.807, 2.05) is 18.4 Å². The molecule has 0 atom stereocenters. The van der Waals surface area contributed by atoms with Crippen molar-refractivity contribution in [1.29, 1.82) is 0 Å². The Labute approximate surface area is 198 Å². The number of amides is 1. The van der Waals surface area contributed by atoms with Gasteiger partial charge in [0.1, 0.15) is 0 Å². The van der Waals surface area contributed by atoms with Gasteiger partial charge in [-0.25, -0.2) is 15.1 Å². The van der Waals surface area contributed by atoms with Gasteiger partial charge in [0.05, 0.1) is 42.3 Å². The van der Waals surface area contributed by atoms with Crippen molar-refractivity contribution in [2.45, 2.75) is 33.0 Å². The second kappa shape index (κ2) is 10.0. The van der Waals surface area contributed by atoms with Crippen molar-refractivity contribution in [3.05, 3.63) is 45.8 Å². The largest absolute Gasteiger partial charge is 0.419 e. The molecule has 10 nitrogen and oxygen atoms in total. The van der Waals surface area contributed by atoms with E-state index in [0.717, 1.165) is 29.2 Å². The third kappa shape index (κ3) is 5.29. The van der Waals surface area contributed by atoms with Crippen molar-refractivity contribution in [3.8, 4) is 0 Å². The number of carbonyl (C=O) groups excluding carboxylic acids is 1. The molecule has 13 heteroatoms. The monoisotopic (exact) mass is 493 g/mol. The van der Waals surface area contributed by atoms with Crippen molar-refractivity contribution in [2.24, 2.45) is 0 Å². The third-order valence-corrected chi connectivity index (χ3v) is 6.25. The lowest BCUT2D eigenvalue weighted by molar-refractivity contribution is -0.138. The lowest BCUT2D eigenvalue weighted by atomic mass is 10.2. The Morgan fingerprint density at radius 3 is 2.43 bits per heavy atom. The summed E-state index contributed by atoms with van der Waals surface area (Å²) < 4.78 is 45.7. The molecule has 1 aliphatic heterocycles. The number of hydrogen-bond acceptors (Lipinski definition) is 7. The minimum atomic E-state index is -4.48. The number of aromatic amines is 1. The highest BCUT2D eigenvalue weighted by Crippen LogP contribution is 2.28. The molecule has 35 heavy (non-hydrogen) atoms. The van der Waals surface area contributed by atoms with Gasteiger partial charge in [-0.05, 0) is 19.4 Å². The Bertz CT molecular complexity index is 1250. The standard InChI is InChI=1S/C22H26F3N7O3/c1-14-15(2)32(17-13-28-29-20(34)19(14)17)8-10-35-9-3-18(33)30-4-6-31(7-5-30)21-26-11-16(12-27-21)22(23,24)25/h11-13H,3-10H2,1-2H3,(H,29,34). The first-order chi connectivity index (χ1) is 16.7. The van der Waals surface area contributed by atoms with E-state index in [2.05, 4.69) is 20.2 Å². The molecule has 1 saturated heterocycles. The third-order valence-electron chi connectivity index (χ3n) is 6.25. The van der Waals surface area contributed by atoms with Gasteiger partial charge >= 0.3 is 6.18 Å². The maximum Gasteiger partial charge on any atom is 0.419 e. The van der Waals surface area contributed by atoms with Crippen LogP contribution in [0.5, 0.6) is 0 Å². The summed E-state index contributed by atoms with van der Waals surface area (Å²) >= 11 is 0. The first-order valence-corrected chi connectivity index (χ1v) is 11.2. The molecule has 0 aliphatic carbocycles.